The third-order valence-corrected chi connectivity index (χ3v) is 2.75. The fourth-order valence-corrected chi connectivity index (χ4v) is 1.89. The van der Waals surface area contributed by atoms with Crippen molar-refractivity contribution in [1.82, 2.24) is 5.32 Å². The molecule has 0 radical (unpaired) electrons. The maximum absolute atomic E-state index is 5.80. The number of unbranched alkanes of at least 4 members (excludes halogenated alkanes) is 2. The predicted octanol–water partition coefficient (Wildman–Crippen LogP) is 3.72. The summed E-state index contributed by atoms with van der Waals surface area (Å²) in [5.74, 6) is 0.551. The summed E-state index contributed by atoms with van der Waals surface area (Å²) in [6.45, 7) is 7.05. The van der Waals surface area contributed by atoms with Crippen molar-refractivity contribution in [2.45, 2.75) is 52.0 Å². The lowest BCUT2D eigenvalue weighted by molar-refractivity contribution is 0.508. The number of benzene rings is 1. The van der Waals surface area contributed by atoms with Gasteiger partial charge in [-0.2, -0.15) is 0 Å². The minimum absolute atomic E-state index is 0. The van der Waals surface area contributed by atoms with Crippen molar-refractivity contribution in [3.8, 4) is 0 Å². The fourth-order valence-electron chi connectivity index (χ4n) is 1.89. The highest BCUT2D eigenvalue weighted by atomic mass is 127. The molecule has 3 nitrogen and oxygen atoms in total. The fraction of sp³-hybridized carbons (Fsp3) is 0.562. The molecule has 0 atom stereocenters. The molecule has 0 saturated heterocycles. The van der Waals surface area contributed by atoms with E-state index < -0.39 is 0 Å². The van der Waals surface area contributed by atoms with Gasteiger partial charge in [0.15, 0.2) is 5.96 Å². The molecule has 20 heavy (non-hydrogen) atoms. The summed E-state index contributed by atoms with van der Waals surface area (Å²) >= 11 is 0. The van der Waals surface area contributed by atoms with Crippen LogP contribution in [0.25, 0.3) is 0 Å². The third-order valence-electron chi connectivity index (χ3n) is 2.75. The molecular weight excluding hydrogens is 361 g/mol. The van der Waals surface area contributed by atoms with Crippen LogP contribution in [0.5, 0.6) is 0 Å². The number of rotatable bonds is 6. The van der Waals surface area contributed by atoms with Gasteiger partial charge in [-0.15, -0.1) is 24.0 Å². The van der Waals surface area contributed by atoms with Gasteiger partial charge in [-0.3, -0.25) is 4.99 Å². The van der Waals surface area contributed by atoms with Crippen LogP contribution in [-0.2, 0) is 6.42 Å². The summed E-state index contributed by atoms with van der Waals surface area (Å²) in [4.78, 5) is 4.34. The number of hydrogen-bond donors (Lipinski definition) is 2. The van der Waals surface area contributed by atoms with Crippen molar-refractivity contribution < 1.29 is 0 Å². The minimum Gasteiger partial charge on any atom is -0.370 e. The van der Waals surface area contributed by atoms with Crippen LogP contribution in [0.15, 0.2) is 35.3 Å². The van der Waals surface area contributed by atoms with Crippen LogP contribution in [0.1, 0.15) is 45.6 Å². The van der Waals surface area contributed by atoms with E-state index in [1.807, 2.05) is 0 Å². The molecule has 0 aliphatic heterocycles. The van der Waals surface area contributed by atoms with Gasteiger partial charge >= 0.3 is 0 Å². The molecule has 0 bridgehead atoms. The van der Waals surface area contributed by atoms with Gasteiger partial charge in [0.2, 0.25) is 0 Å². The number of aliphatic imine (C=N–C) groups is 1. The monoisotopic (exact) mass is 389 g/mol. The van der Waals surface area contributed by atoms with Crippen LogP contribution >= 0.6 is 24.0 Å². The van der Waals surface area contributed by atoms with E-state index in [0.29, 0.717) is 5.96 Å². The van der Waals surface area contributed by atoms with Crippen LogP contribution in [-0.4, -0.2) is 18.0 Å². The molecule has 1 aromatic rings. The standard InChI is InChI=1S/C16H27N3.HI/c1-16(2,3)19-15(17)18-13-9-5-8-12-14-10-6-4-7-11-14;/h4,6-7,10-11H,5,8-9,12-13H2,1-3H3,(H3,17,18,19);1H. The Labute approximate surface area is 140 Å². The van der Waals surface area contributed by atoms with Crippen molar-refractivity contribution in [3.05, 3.63) is 35.9 Å². The molecule has 0 amide bonds. The lowest BCUT2D eigenvalue weighted by Gasteiger charge is -2.20. The Bertz CT molecular complexity index is 382. The average Bonchev–Trinajstić information content (AvgIpc) is 2.32. The summed E-state index contributed by atoms with van der Waals surface area (Å²) in [5, 5.41) is 3.16. The van der Waals surface area contributed by atoms with Crippen molar-refractivity contribution in [3.63, 3.8) is 0 Å². The molecule has 0 saturated carbocycles. The molecule has 0 aromatic heterocycles. The second-order valence-electron chi connectivity index (χ2n) is 5.94. The minimum atomic E-state index is -0.0130. The van der Waals surface area contributed by atoms with E-state index in [4.69, 9.17) is 5.73 Å². The highest BCUT2D eigenvalue weighted by Crippen LogP contribution is 2.06. The lowest BCUT2D eigenvalue weighted by atomic mass is 10.1. The second kappa shape index (κ2) is 10.0. The molecule has 0 unspecified atom stereocenters. The largest absolute Gasteiger partial charge is 0.370 e. The Kier molecular flexibility index (Phi) is 9.63. The molecule has 4 heteroatoms. The first-order valence-corrected chi connectivity index (χ1v) is 7.09. The molecule has 1 rings (SSSR count). The van der Waals surface area contributed by atoms with E-state index in [9.17, 15) is 0 Å². The van der Waals surface area contributed by atoms with Gasteiger partial charge in [0.25, 0.3) is 0 Å². The normalized spacial score (nSPS) is 11.8. The molecular formula is C16H28IN3. The first-order chi connectivity index (χ1) is 8.97. The molecule has 0 heterocycles. The molecule has 0 spiro atoms. The molecule has 3 N–H and O–H groups in total. The Morgan fingerprint density at radius 3 is 2.35 bits per heavy atom. The van der Waals surface area contributed by atoms with E-state index in [1.165, 1.54) is 18.4 Å². The summed E-state index contributed by atoms with van der Waals surface area (Å²) in [6.07, 6.45) is 4.66. The van der Waals surface area contributed by atoms with E-state index in [1.54, 1.807) is 0 Å². The van der Waals surface area contributed by atoms with Crippen LogP contribution in [0.2, 0.25) is 0 Å². The maximum Gasteiger partial charge on any atom is 0.188 e. The van der Waals surface area contributed by atoms with Gasteiger partial charge in [-0.05, 0) is 45.6 Å². The smallest absolute Gasteiger partial charge is 0.188 e. The van der Waals surface area contributed by atoms with Crippen LogP contribution < -0.4 is 11.1 Å². The topological polar surface area (TPSA) is 50.4 Å². The zero-order valence-corrected chi connectivity index (χ0v) is 15.2. The van der Waals surface area contributed by atoms with Gasteiger partial charge in [0.1, 0.15) is 0 Å². The van der Waals surface area contributed by atoms with E-state index >= 15 is 0 Å². The van der Waals surface area contributed by atoms with E-state index in [0.717, 1.165) is 19.4 Å². The van der Waals surface area contributed by atoms with Crippen LogP contribution in [0.3, 0.4) is 0 Å². The van der Waals surface area contributed by atoms with Crippen molar-refractivity contribution >= 4 is 29.9 Å². The number of aryl methyl sites for hydroxylation is 1. The van der Waals surface area contributed by atoms with E-state index in [-0.39, 0.29) is 29.5 Å². The third kappa shape index (κ3) is 10.1. The van der Waals surface area contributed by atoms with E-state index in [2.05, 4.69) is 61.4 Å². The van der Waals surface area contributed by atoms with Crippen molar-refractivity contribution in [2.75, 3.05) is 6.54 Å². The Balaban J connectivity index is 0.00000361. The van der Waals surface area contributed by atoms with Gasteiger partial charge in [-0.1, -0.05) is 36.8 Å². The predicted molar refractivity (Wildman–Crippen MR) is 98.8 cm³/mol. The first-order valence-electron chi connectivity index (χ1n) is 7.09. The summed E-state index contributed by atoms with van der Waals surface area (Å²) in [5.41, 5.74) is 7.21. The van der Waals surface area contributed by atoms with Gasteiger partial charge < -0.3 is 11.1 Å². The Hall–Kier alpha value is -0.780. The second-order valence-corrected chi connectivity index (χ2v) is 5.94. The maximum atomic E-state index is 5.80. The van der Waals surface area contributed by atoms with Gasteiger partial charge in [-0.25, -0.2) is 0 Å². The Morgan fingerprint density at radius 1 is 1.10 bits per heavy atom. The summed E-state index contributed by atoms with van der Waals surface area (Å²) in [7, 11) is 0. The zero-order chi connectivity index (χ0) is 14.1. The highest BCUT2D eigenvalue weighted by Gasteiger charge is 2.09. The molecule has 0 fully saturated rings. The average molecular weight is 389 g/mol. The number of guanidine groups is 1. The lowest BCUT2D eigenvalue weighted by Crippen LogP contribution is -2.45. The number of hydrogen-bond acceptors (Lipinski definition) is 1. The molecule has 0 aliphatic carbocycles. The van der Waals surface area contributed by atoms with Crippen LogP contribution in [0, 0.1) is 0 Å². The molecule has 114 valence electrons. The molecule has 0 aliphatic rings. The number of nitrogens with zero attached hydrogens (tertiary/aromatic N) is 1. The Morgan fingerprint density at radius 2 is 1.75 bits per heavy atom. The summed E-state index contributed by atoms with van der Waals surface area (Å²) in [6, 6.07) is 10.6. The quantitative estimate of drug-likeness (QED) is 0.337. The summed E-state index contributed by atoms with van der Waals surface area (Å²) < 4.78 is 0. The highest BCUT2D eigenvalue weighted by molar-refractivity contribution is 14.0. The van der Waals surface area contributed by atoms with Crippen molar-refractivity contribution in [1.29, 1.82) is 0 Å². The van der Waals surface area contributed by atoms with Gasteiger partial charge in [0, 0.05) is 12.1 Å². The zero-order valence-electron chi connectivity index (χ0n) is 12.9. The number of nitrogens with one attached hydrogen (secondary N) is 1. The number of nitrogens with two attached hydrogens (primary N) is 1. The van der Waals surface area contributed by atoms with Crippen molar-refractivity contribution in [2.24, 2.45) is 10.7 Å². The SMILES string of the molecule is CC(C)(C)NC(N)=NCCCCCc1ccccc1.I. The van der Waals surface area contributed by atoms with Crippen LogP contribution in [0.4, 0.5) is 0 Å². The van der Waals surface area contributed by atoms with Gasteiger partial charge in [0.05, 0.1) is 0 Å². The molecule has 1 aromatic carbocycles. The number of halogens is 1. The first kappa shape index (κ1) is 19.2.